The fourth-order valence-electron chi connectivity index (χ4n) is 5.21. The van der Waals surface area contributed by atoms with Crippen molar-refractivity contribution in [1.29, 1.82) is 0 Å². The Morgan fingerprint density at radius 2 is 1.72 bits per heavy atom. The van der Waals surface area contributed by atoms with Gasteiger partial charge in [0.1, 0.15) is 4.21 Å². The van der Waals surface area contributed by atoms with E-state index < -0.39 is 10.0 Å². The Morgan fingerprint density at radius 1 is 0.875 bits per heavy atom. The lowest BCUT2D eigenvalue weighted by Crippen LogP contribution is -2.49. The fraction of sp³-hybridized carbons (Fsp3) is 0.240. The molecule has 162 valence electrons. The first-order valence-corrected chi connectivity index (χ1v) is 13.1. The van der Waals surface area contributed by atoms with Crippen molar-refractivity contribution >= 4 is 32.1 Å². The summed E-state index contributed by atoms with van der Waals surface area (Å²) in [7, 11) is -3.48. The average molecular weight is 463 g/mol. The first-order valence-electron chi connectivity index (χ1n) is 10.8. The third kappa shape index (κ3) is 3.15. The molecule has 4 aromatic rings. The summed E-state index contributed by atoms with van der Waals surface area (Å²) < 4.78 is 30.0. The van der Waals surface area contributed by atoms with Gasteiger partial charge >= 0.3 is 0 Å². The number of hydrogen-bond acceptors (Lipinski definition) is 4. The van der Waals surface area contributed by atoms with Gasteiger partial charge in [0.25, 0.3) is 15.6 Å². The average Bonchev–Trinajstić information content (AvgIpc) is 3.35. The maximum Gasteiger partial charge on any atom is 0.258 e. The van der Waals surface area contributed by atoms with Crippen molar-refractivity contribution in [3.8, 4) is 11.1 Å². The number of aromatic nitrogens is 1. The summed E-state index contributed by atoms with van der Waals surface area (Å²) in [6.45, 7) is 1.44. The molecule has 0 saturated carbocycles. The van der Waals surface area contributed by atoms with E-state index in [4.69, 9.17) is 0 Å². The number of pyridine rings is 1. The van der Waals surface area contributed by atoms with Crippen LogP contribution in [0.3, 0.4) is 0 Å². The predicted molar refractivity (Wildman–Crippen MR) is 128 cm³/mol. The van der Waals surface area contributed by atoms with E-state index in [0.29, 0.717) is 29.4 Å². The van der Waals surface area contributed by atoms with Crippen molar-refractivity contribution in [2.24, 2.45) is 5.92 Å². The Kier molecular flexibility index (Phi) is 4.61. The highest BCUT2D eigenvalue weighted by Gasteiger charge is 2.40. The summed E-state index contributed by atoms with van der Waals surface area (Å²) in [6, 6.07) is 21.6. The molecule has 0 spiro atoms. The summed E-state index contributed by atoms with van der Waals surface area (Å²) in [4.78, 5) is 13.5. The zero-order valence-corrected chi connectivity index (χ0v) is 19.0. The molecular formula is C25H22N2O3S2. The van der Waals surface area contributed by atoms with E-state index in [1.807, 2.05) is 34.9 Å². The molecule has 32 heavy (non-hydrogen) atoms. The van der Waals surface area contributed by atoms with Crippen LogP contribution < -0.4 is 5.56 Å². The normalized spacial score (nSPS) is 20.9. The molecule has 2 aliphatic heterocycles. The number of benzene rings is 2. The van der Waals surface area contributed by atoms with Gasteiger partial charge in [0.2, 0.25) is 0 Å². The van der Waals surface area contributed by atoms with E-state index in [1.54, 1.807) is 21.8 Å². The van der Waals surface area contributed by atoms with Crippen molar-refractivity contribution in [2.75, 3.05) is 13.1 Å². The third-order valence-electron chi connectivity index (χ3n) is 6.72. The van der Waals surface area contributed by atoms with Gasteiger partial charge in [-0.15, -0.1) is 11.3 Å². The SMILES string of the molecule is O=c1c(-c2ccc3ccccc3c2)ccc2n1CC1CC2CN(S(=O)(=O)c2cccs2)C1. The molecule has 0 radical (unpaired) electrons. The molecule has 2 aliphatic rings. The van der Waals surface area contributed by atoms with Gasteiger partial charge in [-0.1, -0.05) is 42.5 Å². The Morgan fingerprint density at radius 3 is 2.53 bits per heavy atom. The lowest BCUT2D eigenvalue weighted by Gasteiger charge is -2.42. The molecule has 0 N–H and O–H groups in total. The van der Waals surface area contributed by atoms with Crippen LogP contribution in [0.2, 0.25) is 0 Å². The maximum absolute atomic E-state index is 13.5. The lowest BCUT2D eigenvalue weighted by atomic mass is 9.84. The van der Waals surface area contributed by atoms with Crippen LogP contribution in [-0.4, -0.2) is 30.4 Å². The van der Waals surface area contributed by atoms with E-state index in [0.717, 1.165) is 28.5 Å². The number of piperidine rings is 1. The second-order valence-corrected chi connectivity index (χ2v) is 11.8. The molecule has 2 aromatic heterocycles. The summed E-state index contributed by atoms with van der Waals surface area (Å²) in [5, 5.41) is 4.05. The molecule has 0 amide bonds. The van der Waals surface area contributed by atoms with Crippen molar-refractivity contribution in [3.63, 3.8) is 0 Å². The number of fused-ring (bicyclic) bond motifs is 5. The first kappa shape index (κ1) is 19.9. The fourth-order valence-corrected chi connectivity index (χ4v) is 7.92. The van der Waals surface area contributed by atoms with Gasteiger partial charge in [0, 0.05) is 36.8 Å². The summed E-state index contributed by atoms with van der Waals surface area (Å²) in [5.41, 5.74) is 2.58. The molecule has 2 bridgehead atoms. The van der Waals surface area contributed by atoms with Crippen LogP contribution in [-0.2, 0) is 16.6 Å². The summed E-state index contributed by atoms with van der Waals surface area (Å²) in [5.74, 6) is 0.177. The molecular weight excluding hydrogens is 440 g/mol. The van der Waals surface area contributed by atoms with Crippen LogP contribution in [0, 0.1) is 5.92 Å². The van der Waals surface area contributed by atoms with Crippen LogP contribution in [0.5, 0.6) is 0 Å². The Bertz CT molecular complexity index is 1490. The molecule has 4 heterocycles. The highest BCUT2D eigenvalue weighted by Crippen LogP contribution is 2.38. The first-order chi connectivity index (χ1) is 15.5. The molecule has 6 rings (SSSR count). The topological polar surface area (TPSA) is 59.4 Å². The Hall–Kier alpha value is -2.74. The van der Waals surface area contributed by atoms with E-state index in [1.165, 1.54) is 11.3 Å². The summed E-state index contributed by atoms with van der Waals surface area (Å²) >= 11 is 1.26. The van der Waals surface area contributed by atoms with Gasteiger partial charge in [-0.3, -0.25) is 4.79 Å². The number of hydrogen-bond donors (Lipinski definition) is 0. The molecule has 0 aliphatic carbocycles. The molecule has 2 unspecified atom stereocenters. The monoisotopic (exact) mass is 462 g/mol. The number of rotatable bonds is 3. The van der Waals surface area contributed by atoms with Gasteiger partial charge in [-0.25, -0.2) is 8.42 Å². The van der Waals surface area contributed by atoms with Crippen molar-refractivity contribution in [3.05, 3.63) is 88.2 Å². The molecule has 2 aromatic carbocycles. The molecule has 1 fully saturated rings. The Labute approximate surface area is 190 Å². The van der Waals surface area contributed by atoms with Crippen molar-refractivity contribution in [2.45, 2.75) is 23.1 Å². The minimum Gasteiger partial charge on any atom is -0.311 e. The third-order valence-corrected chi connectivity index (χ3v) is 9.93. The minimum atomic E-state index is -3.48. The summed E-state index contributed by atoms with van der Waals surface area (Å²) in [6.07, 6.45) is 0.922. The molecule has 2 atom stereocenters. The number of nitrogens with zero attached hydrogens (tertiary/aromatic N) is 2. The highest BCUT2D eigenvalue weighted by atomic mass is 32.2. The van der Waals surface area contributed by atoms with Crippen LogP contribution in [0.15, 0.2) is 81.1 Å². The van der Waals surface area contributed by atoms with E-state index in [2.05, 4.69) is 24.3 Å². The smallest absolute Gasteiger partial charge is 0.258 e. The van der Waals surface area contributed by atoms with Crippen LogP contribution >= 0.6 is 11.3 Å². The standard InChI is InChI=1S/C25H22N2O3S2/c28-25-22(20-8-7-18-4-1-2-5-19(18)13-20)9-10-23-21-12-17(15-27(23)25)14-26(16-21)32(29,30)24-6-3-11-31-24/h1-11,13,17,21H,12,14-16H2. The van der Waals surface area contributed by atoms with Gasteiger partial charge in [0.05, 0.1) is 0 Å². The largest absolute Gasteiger partial charge is 0.311 e. The van der Waals surface area contributed by atoms with E-state index in [-0.39, 0.29) is 17.4 Å². The molecule has 7 heteroatoms. The predicted octanol–water partition coefficient (Wildman–Crippen LogP) is 4.54. The highest BCUT2D eigenvalue weighted by molar-refractivity contribution is 7.91. The second kappa shape index (κ2) is 7.40. The second-order valence-electron chi connectivity index (χ2n) is 8.70. The van der Waals surface area contributed by atoms with Crippen molar-refractivity contribution in [1.82, 2.24) is 8.87 Å². The lowest BCUT2D eigenvalue weighted by molar-refractivity contribution is 0.186. The quantitative estimate of drug-likeness (QED) is 0.449. The Balaban J connectivity index is 1.37. The van der Waals surface area contributed by atoms with Gasteiger partial charge in [0.15, 0.2) is 0 Å². The zero-order chi connectivity index (χ0) is 21.9. The van der Waals surface area contributed by atoms with Crippen LogP contribution in [0.4, 0.5) is 0 Å². The van der Waals surface area contributed by atoms with Crippen LogP contribution in [0.1, 0.15) is 18.0 Å². The molecule has 5 nitrogen and oxygen atoms in total. The van der Waals surface area contributed by atoms with Gasteiger partial charge < -0.3 is 4.57 Å². The minimum absolute atomic E-state index is 0.0158. The molecule has 1 saturated heterocycles. The van der Waals surface area contributed by atoms with E-state index >= 15 is 0 Å². The zero-order valence-electron chi connectivity index (χ0n) is 17.3. The van der Waals surface area contributed by atoms with Gasteiger partial charge in [-0.05, 0) is 58.3 Å². The number of sulfonamides is 1. The van der Waals surface area contributed by atoms with Crippen molar-refractivity contribution < 1.29 is 8.42 Å². The van der Waals surface area contributed by atoms with Crippen LogP contribution in [0.25, 0.3) is 21.9 Å². The maximum atomic E-state index is 13.5. The van der Waals surface area contributed by atoms with E-state index in [9.17, 15) is 13.2 Å². The van der Waals surface area contributed by atoms with Gasteiger partial charge in [-0.2, -0.15) is 4.31 Å². The number of thiophene rings is 1.